The van der Waals surface area contributed by atoms with Crippen LogP contribution in [0.2, 0.25) is 0 Å². The highest BCUT2D eigenvalue weighted by molar-refractivity contribution is 7.80. The molecule has 1 aromatic heterocycles. The maximum absolute atomic E-state index is 12.4. The summed E-state index contributed by atoms with van der Waals surface area (Å²) in [4.78, 5) is 14.2. The molecule has 7 nitrogen and oxygen atoms in total. The molecule has 8 heteroatoms. The third-order valence-corrected chi connectivity index (χ3v) is 5.24. The van der Waals surface area contributed by atoms with Crippen LogP contribution in [0.3, 0.4) is 0 Å². The number of carbonyl (C=O) groups excluding carboxylic acids is 1. The number of carbonyl (C=O) groups is 1. The summed E-state index contributed by atoms with van der Waals surface area (Å²) in [6.45, 7) is 6.74. The van der Waals surface area contributed by atoms with Gasteiger partial charge in [0.25, 0.3) is 0 Å². The number of rotatable bonds is 2. The second-order valence-electron chi connectivity index (χ2n) is 8.48. The Balaban J connectivity index is 1.67. The first-order valence-corrected chi connectivity index (χ1v) is 10.2. The van der Waals surface area contributed by atoms with E-state index in [1.165, 1.54) is 19.3 Å². The lowest BCUT2D eigenvalue weighted by molar-refractivity contribution is 0.0224. The van der Waals surface area contributed by atoms with Crippen LogP contribution in [-0.2, 0) is 24.8 Å². The van der Waals surface area contributed by atoms with Gasteiger partial charge in [-0.05, 0) is 45.8 Å². The average Bonchev–Trinajstić information content (AvgIpc) is 2.89. The zero-order valence-corrected chi connectivity index (χ0v) is 17.6. The van der Waals surface area contributed by atoms with Crippen LogP contribution in [0.4, 0.5) is 10.6 Å². The van der Waals surface area contributed by atoms with E-state index in [1.54, 1.807) is 4.90 Å². The number of ether oxygens (including phenoxy) is 1. The standard InChI is InChI=1S/C19H31N5O2S/c1-19(2,3)26-18(25)24-11-10-15-14(12-24)16(23(4)22-15)21-17(27)20-13-8-6-5-7-9-13/h13H,5-12H2,1-4H3,(H2,20,21,27). The fraction of sp³-hybridized carbons (Fsp3) is 0.737. The molecule has 2 N–H and O–H groups in total. The zero-order chi connectivity index (χ0) is 19.6. The predicted octanol–water partition coefficient (Wildman–Crippen LogP) is 3.33. The van der Waals surface area contributed by atoms with Crippen LogP contribution < -0.4 is 10.6 Å². The molecule has 27 heavy (non-hydrogen) atoms. The Hall–Kier alpha value is -1.83. The number of hydrogen-bond donors (Lipinski definition) is 2. The third kappa shape index (κ3) is 5.12. The summed E-state index contributed by atoms with van der Waals surface area (Å²) in [5, 5.41) is 12.0. The summed E-state index contributed by atoms with van der Waals surface area (Å²) in [7, 11) is 1.90. The molecule has 0 spiro atoms. The third-order valence-electron chi connectivity index (χ3n) is 5.02. The Morgan fingerprint density at radius 1 is 1.26 bits per heavy atom. The van der Waals surface area contributed by atoms with Gasteiger partial charge in [-0.3, -0.25) is 4.68 Å². The van der Waals surface area contributed by atoms with Crippen molar-refractivity contribution in [1.29, 1.82) is 0 Å². The van der Waals surface area contributed by atoms with E-state index in [4.69, 9.17) is 17.0 Å². The number of amides is 1. The number of fused-ring (bicyclic) bond motifs is 1. The Labute approximate surface area is 166 Å². The molecular weight excluding hydrogens is 362 g/mol. The van der Waals surface area contributed by atoms with Crippen LogP contribution >= 0.6 is 12.2 Å². The molecular formula is C19H31N5O2S. The molecule has 1 fully saturated rings. The minimum atomic E-state index is -0.501. The summed E-state index contributed by atoms with van der Waals surface area (Å²) in [5.74, 6) is 0.853. The zero-order valence-electron chi connectivity index (χ0n) is 16.8. The van der Waals surface area contributed by atoms with E-state index < -0.39 is 5.60 Å². The van der Waals surface area contributed by atoms with Crippen LogP contribution in [0.15, 0.2) is 0 Å². The summed E-state index contributed by atoms with van der Waals surface area (Å²) in [6, 6.07) is 0.445. The highest BCUT2D eigenvalue weighted by Gasteiger charge is 2.30. The molecule has 0 atom stereocenters. The first-order chi connectivity index (χ1) is 12.7. The molecule has 0 aromatic carbocycles. The lowest BCUT2D eigenvalue weighted by atomic mass is 9.96. The SMILES string of the molecule is Cn1nc2c(c1NC(=S)NC1CCCCC1)CN(C(=O)OC(C)(C)C)CC2. The molecule has 1 aliphatic heterocycles. The number of aryl methyl sites for hydroxylation is 1. The largest absolute Gasteiger partial charge is 0.444 e. The first-order valence-electron chi connectivity index (χ1n) is 9.83. The number of aromatic nitrogens is 2. The Kier molecular flexibility index (Phi) is 5.93. The quantitative estimate of drug-likeness (QED) is 0.751. The molecule has 1 aliphatic carbocycles. The second kappa shape index (κ2) is 8.04. The van der Waals surface area contributed by atoms with Crippen LogP contribution in [0.1, 0.15) is 64.1 Å². The topological polar surface area (TPSA) is 71.4 Å². The normalized spacial score (nSPS) is 18.0. The van der Waals surface area contributed by atoms with E-state index in [0.29, 0.717) is 30.7 Å². The van der Waals surface area contributed by atoms with Crippen molar-refractivity contribution < 1.29 is 9.53 Å². The Morgan fingerprint density at radius 3 is 2.63 bits per heavy atom. The average molecular weight is 394 g/mol. The molecule has 1 saturated carbocycles. The molecule has 3 rings (SSSR count). The number of hydrogen-bond acceptors (Lipinski definition) is 4. The van der Waals surface area contributed by atoms with E-state index in [9.17, 15) is 4.79 Å². The van der Waals surface area contributed by atoms with Gasteiger partial charge in [-0.1, -0.05) is 19.3 Å². The van der Waals surface area contributed by atoms with Gasteiger partial charge in [0.1, 0.15) is 11.4 Å². The van der Waals surface area contributed by atoms with Gasteiger partial charge < -0.3 is 20.3 Å². The van der Waals surface area contributed by atoms with E-state index in [2.05, 4.69) is 15.7 Å². The Bertz CT molecular complexity index is 704. The van der Waals surface area contributed by atoms with Crippen molar-refractivity contribution in [3.8, 4) is 0 Å². The van der Waals surface area contributed by atoms with Crippen LogP contribution in [0.25, 0.3) is 0 Å². The smallest absolute Gasteiger partial charge is 0.410 e. The fourth-order valence-electron chi connectivity index (χ4n) is 3.72. The molecule has 2 aliphatic rings. The summed E-state index contributed by atoms with van der Waals surface area (Å²) in [6.07, 6.45) is 6.58. The number of nitrogens with one attached hydrogen (secondary N) is 2. The van der Waals surface area contributed by atoms with E-state index in [-0.39, 0.29) is 6.09 Å². The van der Waals surface area contributed by atoms with Crippen molar-refractivity contribution in [1.82, 2.24) is 20.0 Å². The molecule has 0 unspecified atom stereocenters. The van der Waals surface area contributed by atoms with Crippen LogP contribution in [-0.4, -0.2) is 44.1 Å². The van der Waals surface area contributed by atoms with Crippen molar-refractivity contribution in [3.05, 3.63) is 11.3 Å². The van der Waals surface area contributed by atoms with Crippen molar-refractivity contribution in [2.24, 2.45) is 7.05 Å². The van der Waals surface area contributed by atoms with Gasteiger partial charge >= 0.3 is 6.09 Å². The van der Waals surface area contributed by atoms with Crippen LogP contribution in [0.5, 0.6) is 0 Å². The fourth-order valence-corrected chi connectivity index (χ4v) is 3.98. The number of anilines is 1. The highest BCUT2D eigenvalue weighted by Crippen LogP contribution is 2.27. The van der Waals surface area contributed by atoms with E-state index >= 15 is 0 Å². The minimum absolute atomic E-state index is 0.286. The van der Waals surface area contributed by atoms with Crippen molar-refractivity contribution >= 4 is 29.2 Å². The summed E-state index contributed by atoms with van der Waals surface area (Å²) < 4.78 is 7.34. The van der Waals surface area contributed by atoms with Gasteiger partial charge in [0.05, 0.1) is 12.2 Å². The molecule has 150 valence electrons. The monoisotopic (exact) mass is 393 g/mol. The first kappa shape index (κ1) is 19.9. The van der Waals surface area contributed by atoms with Crippen molar-refractivity contribution in [2.45, 2.75) is 77.5 Å². The highest BCUT2D eigenvalue weighted by atomic mass is 32.1. The molecule has 1 aromatic rings. The maximum Gasteiger partial charge on any atom is 0.410 e. The lowest BCUT2D eigenvalue weighted by Crippen LogP contribution is -2.41. The van der Waals surface area contributed by atoms with Crippen molar-refractivity contribution in [2.75, 3.05) is 11.9 Å². The van der Waals surface area contributed by atoms with E-state index in [0.717, 1.165) is 29.9 Å². The van der Waals surface area contributed by atoms with Gasteiger partial charge in [-0.15, -0.1) is 0 Å². The maximum atomic E-state index is 12.4. The second-order valence-corrected chi connectivity index (χ2v) is 8.89. The van der Waals surface area contributed by atoms with Crippen molar-refractivity contribution in [3.63, 3.8) is 0 Å². The lowest BCUT2D eigenvalue weighted by Gasteiger charge is -2.30. The molecule has 0 radical (unpaired) electrons. The molecule has 0 saturated heterocycles. The van der Waals surface area contributed by atoms with E-state index in [1.807, 2.05) is 32.5 Å². The van der Waals surface area contributed by atoms with Gasteiger partial charge in [-0.2, -0.15) is 5.10 Å². The number of nitrogens with zero attached hydrogens (tertiary/aromatic N) is 3. The van der Waals surface area contributed by atoms with Crippen LogP contribution in [0, 0.1) is 0 Å². The Morgan fingerprint density at radius 2 is 1.96 bits per heavy atom. The minimum Gasteiger partial charge on any atom is -0.444 e. The summed E-state index contributed by atoms with van der Waals surface area (Å²) in [5.41, 5.74) is 1.53. The van der Waals surface area contributed by atoms with Gasteiger partial charge in [0, 0.05) is 31.6 Å². The summed E-state index contributed by atoms with van der Waals surface area (Å²) >= 11 is 5.53. The predicted molar refractivity (Wildman–Crippen MR) is 110 cm³/mol. The molecule has 1 amide bonds. The van der Waals surface area contributed by atoms with Gasteiger partial charge in [-0.25, -0.2) is 4.79 Å². The molecule has 2 heterocycles. The number of thiocarbonyl (C=S) groups is 1. The van der Waals surface area contributed by atoms with Gasteiger partial charge in [0.15, 0.2) is 5.11 Å². The van der Waals surface area contributed by atoms with Gasteiger partial charge in [0.2, 0.25) is 0 Å². The molecule has 0 bridgehead atoms.